The Morgan fingerprint density at radius 2 is 2.25 bits per heavy atom. The molecule has 0 radical (unpaired) electrons. The van der Waals surface area contributed by atoms with Gasteiger partial charge in [-0.05, 0) is 12.5 Å². The maximum atomic E-state index is 12.0. The third kappa shape index (κ3) is 3.48. The third-order valence-electron chi connectivity index (χ3n) is 2.88. The monoisotopic (exact) mass is 291 g/mol. The molecule has 1 aromatic heterocycles. The summed E-state index contributed by atoms with van der Waals surface area (Å²) < 4.78 is 5.33. The molecule has 1 heterocycles. The number of hydrogen-bond donors (Lipinski definition) is 2. The number of benzene rings is 1. The van der Waals surface area contributed by atoms with E-state index in [0.29, 0.717) is 5.13 Å². The predicted octanol–water partition coefficient (Wildman–Crippen LogP) is 3.42. The van der Waals surface area contributed by atoms with E-state index < -0.39 is 0 Å². The van der Waals surface area contributed by atoms with Gasteiger partial charge in [0.25, 0.3) is 0 Å². The zero-order chi connectivity index (χ0) is 14.4. The molecule has 0 spiro atoms. The van der Waals surface area contributed by atoms with E-state index in [1.54, 1.807) is 13.3 Å². The molecule has 2 rings (SSSR count). The quantitative estimate of drug-likeness (QED) is 0.887. The number of urea groups is 1. The molecule has 1 atom stereocenters. The van der Waals surface area contributed by atoms with Gasteiger partial charge in [-0.15, -0.1) is 11.3 Å². The Morgan fingerprint density at radius 3 is 2.90 bits per heavy atom. The first kappa shape index (κ1) is 14.3. The van der Waals surface area contributed by atoms with Crippen molar-refractivity contribution in [1.29, 1.82) is 0 Å². The summed E-state index contributed by atoms with van der Waals surface area (Å²) in [7, 11) is 1.63. The van der Waals surface area contributed by atoms with Crippen molar-refractivity contribution in [2.75, 3.05) is 12.4 Å². The molecule has 0 saturated heterocycles. The summed E-state index contributed by atoms with van der Waals surface area (Å²) in [6.45, 7) is 2.01. The van der Waals surface area contributed by atoms with Crippen molar-refractivity contribution >= 4 is 22.5 Å². The smallest absolute Gasteiger partial charge is 0.321 e. The summed E-state index contributed by atoms with van der Waals surface area (Å²) in [5, 5.41) is 8.04. The van der Waals surface area contributed by atoms with Crippen molar-refractivity contribution in [3.8, 4) is 5.75 Å². The molecule has 2 amide bonds. The summed E-state index contributed by atoms with van der Waals surface area (Å²) in [6, 6.07) is 7.31. The number of anilines is 1. The van der Waals surface area contributed by atoms with Gasteiger partial charge in [-0.25, -0.2) is 9.78 Å². The average Bonchev–Trinajstić information content (AvgIpc) is 2.97. The number of amides is 2. The van der Waals surface area contributed by atoms with Crippen LogP contribution in [0.1, 0.15) is 24.9 Å². The van der Waals surface area contributed by atoms with Gasteiger partial charge in [0.2, 0.25) is 0 Å². The van der Waals surface area contributed by atoms with Gasteiger partial charge >= 0.3 is 6.03 Å². The highest BCUT2D eigenvalue weighted by Crippen LogP contribution is 2.26. The van der Waals surface area contributed by atoms with Crippen LogP contribution in [0.4, 0.5) is 9.93 Å². The molecule has 2 aromatic rings. The number of para-hydroxylation sites is 1. The summed E-state index contributed by atoms with van der Waals surface area (Å²) in [5.41, 5.74) is 0.965. The molecule has 20 heavy (non-hydrogen) atoms. The van der Waals surface area contributed by atoms with E-state index in [1.165, 1.54) is 11.3 Å². The minimum Gasteiger partial charge on any atom is -0.496 e. The van der Waals surface area contributed by atoms with Crippen LogP contribution in [-0.4, -0.2) is 18.1 Å². The van der Waals surface area contributed by atoms with Crippen LogP contribution in [0.5, 0.6) is 5.75 Å². The van der Waals surface area contributed by atoms with Crippen LogP contribution < -0.4 is 15.4 Å². The number of carbonyl (C=O) groups excluding carboxylic acids is 1. The Labute approximate surface area is 122 Å². The fourth-order valence-corrected chi connectivity index (χ4v) is 2.45. The molecule has 0 aliphatic heterocycles. The van der Waals surface area contributed by atoms with Gasteiger partial charge in [0.15, 0.2) is 5.13 Å². The largest absolute Gasteiger partial charge is 0.496 e. The number of methoxy groups -OCH3 is 1. The summed E-state index contributed by atoms with van der Waals surface area (Å²) in [5.74, 6) is 0.772. The molecule has 2 N–H and O–H groups in total. The first-order chi connectivity index (χ1) is 9.74. The molecule has 0 saturated carbocycles. The van der Waals surface area contributed by atoms with Crippen molar-refractivity contribution in [3.05, 3.63) is 41.4 Å². The van der Waals surface area contributed by atoms with E-state index in [4.69, 9.17) is 4.74 Å². The fraction of sp³-hybridized carbons (Fsp3) is 0.286. The highest BCUT2D eigenvalue weighted by atomic mass is 32.1. The van der Waals surface area contributed by atoms with Gasteiger partial charge in [0.05, 0.1) is 13.2 Å². The van der Waals surface area contributed by atoms with E-state index in [0.717, 1.165) is 17.7 Å². The minimum absolute atomic E-state index is 0.105. The van der Waals surface area contributed by atoms with Crippen molar-refractivity contribution in [2.24, 2.45) is 0 Å². The number of rotatable bonds is 5. The normalized spacial score (nSPS) is 11.7. The molecular formula is C14H17N3O2S. The summed E-state index contributed by atoms with van der Waals surface area (Å²) in [4.78, 5) is 16.0. The van der Waals surface area contributed by atoms with E-state index in [1.807, 2.05) is 36.6 Å². The molecule has 0 unspecified atom stereocenters. The maximum absolute atomic E-state index is 12.0. The highest BCUT2D eigenvalue weighted by Gasteiger charge is 2.16. The molecule has 0 fully saturated rings. The summed E-state index contributed by atoms with van der Waals surface area (Å²) in [6.07, 6.45) is 2.42. The molecule has 1 aromatic carbocycles. The van der Waals surface area contributed by atoms with E-state index in [-0.39, 0.29) is 12.1 Å². The minimum atomic E-state index is -0.266. The van der Waals surface area contributed by atoms with Crippen molar-refractivity contribution in [1.82, 2.24) is 10.3 Å². The number of thiazole rings is 1. The molecule has 6 heteroatoms. The lowest BCUT2D eigenvalue weighted by Crippen LogP contribution is -2.32. The number of nitrogens with zero attached hydrogens (tertiary/aromatic N) is 1. The Hall–Kier alpha value is -2.08. The lowest BCUT2D eigenvalue weighted by Gasteiger charge is -2.19. The Morgan fingerprint density at radius 1 is 1.45 bits per heavy atom. The topological polar surface area (TPSA) is 63.2 Å². The maximum Gasteiger partial charge on any atom is 0.321 e. The van der Waals surface area contributed by atoms with Crippen LogP contribution in [-0.2, 0) is 0 Å². The second-order valence-electron chi connectivity index (χ2n) is 4.14. The fourth-order valence-electron chi connectivity index (χ4n) is 1.93. The SMILES string of the molecule is CC[C@H](NC(=O)Nc1nccs1)c1ccccc1OC. The third-order valence-corrected chi connectivity index (χ3v) is 3.57. The van der Waals surface area contributed by atoms with Crippen LogP contribution in [0.2, 0.25) is 0 Å². The van der Waals surface area contributed by atoms with Gasteiger partial charge in [0.1, 0.15) is 5.75 Å². The van der Waals surface area contributed by atoms with Gasteiger partial charge in [-0.2, -0.15) is 0 Å². The number of nitrogens with one attached hydrogen (secondary N) is 2. The second kappa shape index (κ2) is 6.91. The molecule has 0 aliphatic carbocycles. The number of aromatic nitrogens is 1. The number of hydrogen-bond acceptors (Lipinski definition) is 4. The van der Waals surface area contributed by atoms with Gasteiger partial charge in [-0.1, -0.05) is 25.1 Å². The van der Waals surface area contributed by atoms with E-state index in [2.05, 4.69) is 15.6 Å². The molecule has 0 bridgehead atoms. The van der Waals surface area contributed by atoms with Crippen molar-refractivity contribution < 1.29 is 9.53 Å². The van der Waals surface area contributed by atoms with Crippen LogP contribution in [0.15, 0.2) is 35.8 Å². The molecule has 0 aliphatic rings. The van der Waals surface area contributed by atoms with Crippen LogP contribution in [0.3, 0.4) is 0 Å². The first-order valence-electron chi connectivity index (χ1n) is 6.34. The Kier molecular flexibility index (Phi) is 4.95. The Bertz CT molecular complexity index is 557. The zero-order valence-corrected chi connectivity index (χ0v) is 12.2. The molecule has 5 nitrogen and oxygen atoms in total. The van der Waals surface area contributed by atoms with Crippen LogP contribution >= 0.6 is 11.3 Å². The van der Waals surface area contributed by atoms with Crippen molar-refractivity contribution in [3.63, 3.8) is 0 Å². The predicted molar refractivity (Wildman–Crippen MR) is 80.3 cm³/mol. The summed E-state index contributed by atoms with van der Waals surface area (Å²) >= 11 is 1.38. The lowest BCUT2D eigenvalue weighted by atomic mass is 10.0. The van der Waals surface area contributed by atoms with E-state index >= 15 is 0 Å². The average molecular weight is 291 g/mol. The second-order valence-corrected chi connectivity index (χ2v) is 5.03. The Balaban J connectivity index is 2.06. The van der Waals surface area contributed by atoms with Crippen LogP contribution in [0, 0.1) is 0 Å². The lowest BCUT2D eigenvalue weighted by molar-refractivity contribution is 0.248. The van der Waals surface area contributed by atoms with Gasteiger partial charge < -0.3 is 10.1 Å². The van der Waals surface area contributed by atoms with E-state index in [9.17, 15) is 4.79 Å². The number of carbonyl (C=O) groups is 1. The molecular weight excluding hydrogens is 274 g/mol. The van der Waals surface area contributed by atoms with Crippen LogP contribution in [0.25, 0.3) is 0 Å². The van der Waals surface area contributed by atoms with Gasteiger partial charge in [-0.3, -0.25) is 5.32 Å². The number of ether oxygens (including phenoxy) is 1. The first-order valence-corrected chi connectivity index (χ1v) is 7.22. The van der Waals surface area contributed by atoms with Crippen molar-refractivity contribution in [2.45, 2.75) is 19.4 Å². The zero-order valence-electron chi connectivity index (χ0n) is 11.4. The highest BCUT2D eigenvalue weighted by molar-refractivity contribution is 7.13. The molecule has 106 valence electrons. The van der Waals surface area contributed by atoms with Gasteiger partial charge in [0, 0.05) is 17.1 Å². The standard InChI is InChI=1S/C14H17N3O2S/c1-3-11(10-6-4-5-7-12(10)19-2)16-13(18)17-14-15-8-9-20-14/h4-9,11H,3H2,1-2H3,(H2,15,16,17,18)/t11-/m0/s1.